The number of nitrogens with one attached hydrogen (secondary N) is 1. The van der Waals surface area contributed by atoms with Gasteiger partial charge < -0.3 is 16.0 Å². The van der Waals surface area contributed by atoms with Gasteiger partial charge in [-0.05, 0) is 20.2 Å². The SMILES string of the molecule is CN(C)CCNCc1nccc(N)n1. The van der Waals surface area contributed by atoms with Gasteiger partial charge in [-0.3, -0.25) is 0 Å². The van der Waals surface area contributed by atoms with Gasteiger partial charge in [0.25, 0.3) is 0 Å². The van der Waals surface area contributed by atoms with Gasteiger partial charge in [-0.2, -0.15) is 0 Å². The summed E-state index contributed by atoms with van der Waals surface area (Å²) < 4.78 is 0. The summed E-state index contributed by atoms with van der Waals surface area (Å²) in [6.07, 6.45) is 1.67. The average molecular weight is 195 g/mol. The first-order chi connectivity index (χ1) is 6.68. The summed E-state index contributed by atoms with van der Waals surface area (Å²) in [5.74, 6) is 1.26. The van der Waals surface area contributed by atoms with Crippen LogP contribution in [0.2, 0.25) is 0 Å². The van der Waals surface area contributed by atoms with Crippen LogP contribution in [0.1, 0.15) is 5.82 Å². The Bertz CT molecular complexity index is 274. The predicted molar refractivity (Wildman–Crippen MR) is 56.7 cm³/mol. The minimum atomic E-state index is 0.518. The van der Waals surface area contributed by atoms with Crippen LogP contribution < -0.4 is 11.1 Å². The summed E-state index contributed by atoms with van der Waals surface area (Å²) in [4.78, 5) is 10.3. The molecule has 5 nitrogen and oxygen atoms in total. The molecule has 1 aromatic rings. The van der Waals surface area contributed by atoms with Crippen molar-refractivity contribution in [1.82, 2.24) is 20.2 Å². The molecule has 0 aliphatic carbocycles. The number of anilines is 1. The van der Waals surface area contributed by atoms with Crippen molar-refractivity contribution in [1.29, 1.82) is 0 Å². The molecule has 1 heterocycles. The highest BCUT2D eigenvalue weighted by Gasteiger charge is 1.96. The van der Waals surface area contributed by atoms with Crippen LogP contribution in [0.15, 0.2) is 12.3 Å². The quantitative estimate of drug-likeness (QED) is 0.632. The second-order valence-corrected chi connectivity index (χ2v) is 3.38. The van der Waals surface area contributed by atoms with E-state index in [1.54, 1.807) is 12.3 Å². The summed E-state index contributed by atoms with van der Waals surface area (Å²) in [7, 11) is 4.08. The van der Waals surface area contributed by atoms with Crippen LogP contribution in [0.25, 0.3) is 0 Å². The fourth-order valence-electron chi connectivity index (χ4n) is 1.00. The topological polar surface area (TPSA) is 67.1 Å². The van der Waals surface area contributed by atoms with Crippen molar-refractivity contribution in [2.24, 2.45) is 0 Å². The standard InChI is InChI=1S/C9H17N5/c1-14(2)6-5-11-7-9-12-4-3-8(10)13-9/h3-4,11H,5-7H2,1-2H3,(H2,10,12,13). The van der Waals surface area contributed by atoms with Gasteiger partial charge in [-0.25, -0.2) is 9.97 Å². The van der Waals surface area contributed by atoms with E-state index in [9.17, 15) is 0 Å². The fourth-order valence-corrected chi connectivity index (χ4v) is 1.00. The Morgan fingerprint density at radius 2 is 2.29 bits per heavy atom. The van der Waals surface area contributed by atoms with Crippen LogP contribution >= 0.6 is 0 Å². The lowest BCUT2D eigenvalue weighted by Crippen LogP contribution is -2.26. The third kappa shape index (κ3) is 4.15. The molecule has 0 atom stereocenters. The first kappa shape index (κ1) is 10.9. The molecule has 0 aromatic carbocycles. The molecule has 0 saturated heterocycles. The van der Waals surface area contributed by atoms with Crippen LogP contribution in [0, 0.1) is 0 Å². The van der Waals surface area contributed by atoms with Gasteiger partial charge in [-0.15, -0.1) is 0 Å². The number of hydrogen-bond acceptors (Lipinski definition) is 5. The van der Waals surface area contributed by atoms with E-state index in [1.807, 2.05) is 14.1 Å². The molecule has 1 rings (SSSR count). The Kier molecular flexibility index (Phi) is 4.28. The Balaban J connectivity index is 2.25. The largest absolute Gasteiger partial charge is 0.384 e. The molecule has 0 unspecified atom stereocenters. The molecule has 0 radical (unpaired) electrons. The summed E-state index contributed by atoms with van der Waals surface area (Å²) in [6, 6.07) is 1.68. The summed E-state index contributed by atoms with van der Waals surface area (Å²) in [5.41, 5.74) is 5.52. The molecule has 14 heavy (non-hydrogen) atoms. The first-order valence-corrected chi connectivity index (χ1v) is 4.61. The van der Waals surface area contributed by atoms with Crippen molar-refractivity contribution in [2.75, 3.05) is 32.9 Å². The molecular formula is C9H17N5. The van der Waals surface area contributed by atoms with E-state index in [-0.39, 0.29) is 0 Å². The van der Waals surface area contributed by atoms with Crippen molar-refractivity contribution >= 4 is 5.82 Å². The van der Waals surface area contributed by atoms with E-state index in [4.69, 9.17) is 5.73 Å². The van der Waals surface area contributed by atoms with Gasteiger partial charge in [0, 0.05) is 19.3 Å². The van der Waals surface area contributed by atoms with Crippen LogP contribution in [-0.2, 0) is 6.54 Å². The van der Waals surface area contributed by atoms with E-state index in [0.717, 1.165) is 18.9 Å². The Morgan fingerprint density at radius 3 is 2.93 bits per heavy atom. The van der Waals surface area contributed by atoms with Gasteiger partial charge in [0.05, 0.1) is 6.54 Å². The third-order valence-electron chi connectivity index (χ3n) is 1.75. The lowest BCUT2D eigenvalue weighted by atomic mass is 10.5. The van der Waals surface area contributed by atoms with Crippen molar-refractivity contribution in [2.45, 2.75) is 6.54 Å². The first-order valence-electron chi connectivity index (χ1n) is 4.61. The van der Waals surface area contributed by atoms with E-state index < -0.39 is 0 Å². The number of likely N-dealkylation sites (N-methyl/N-ethyl adjacent to an activating group) is 1. The average Bonchev–Trinajstić information content (AvgIpc) is 2.12. The van der Waals surface area contributed by atoms with Gasteiger partial charge in [0.15, 0.2) is 0 Å². The second-order valence-electron chi connectivity index (χ2n) is 3.38. The number of nitrogens with zero attached hydrogens (tertiary/aromatic N) is 3. The number of nitrogens with two attached hydrogens (primary N) is 1. The number of rotatable bonds is 5. The van der Waals surface area contributed by atoms with Gasteiger partial charge in [0.1, 0.15) is 11.6 Å². The molecule has 0 spiro atoms. The Labute approximate surface area is 84.3 Å². The molecule has 0 fully saturated rings. The molecule has 0 aliphatic rings. The predicted octanol–water partition coefficient (Wildman–Crippen LogP) is -0.290. The molecule has 3 N–H and O–H groups in total. The molecule has 0 saturated carbocycles. The minimum Gasteiger partial charge on any atom is -0.384 e. The van der Waals surface area contributed by atoms with Crippen molar-refractivity contribution in [3.63, 3.8) is 0 Å². The fraction of sp³-hybridized carbons (Fsp3) is 0.556. The van der Waals surface area contributed by atoms with Crippen molar-refractivity contribution in [3.8, 4) is 0 Å². The zero-order valence-electron chi connectivity index (χ0n) is 8.70. The minimum absolute atomic E-state index is 0.518. The number of aromatic nitrogens is 2. The maximum atomic E-state index is 5.52. The van der Waals surface area contributed by atoms with Crippen molar-refractivity contribution < 1.29 is 0 Å². The van der Waals surface area contributed by atoms with E-state index in [1.165, 1.54) is 0 Å². The number of hydrogen-bond donors (Lipinski definition) is 2. The summed E-state index contributed by atoms with van der Waals surface area (Å²) in [5, 5.41) is 3.24. The Hall–Kier alpha value is -1.20. The molecule has 0 bridgehead atoms. The van der Waals surface area contributed by atoms with E-state index >= 15 is 0 Å². The zero-order chi connectivity index (χ0) is 10.4. The maximum Gasteiger partial charge on any atom is 0.144 e. The molecule has 0 amide bonds. The zero-order valence-corrected chi connectivity index (χ0v) is 8.70. The second kappa shape index (κ2) is 5.51. The molecule has 0 aliphatic heterocycles. The highest BCUT2D eigenvalue weighted by atomic mass is 15.1. The number of nitrogen functional groups attached to an aromatic ring is 1. The summed E-state index contributed by atoms with van der Waals surface area (Å²) >= 11 is 0. The molecule has 78 valence electrons. The molecular weight excluding hydrogens is 178 g/mol. The van der Waals surface area contributed by atoms with E-state index in [2.05, 4.69) is 20.2 Å². The maximum absolute atomic E-state index is 5.52. The van der Waals surface area contributed by atoms with Crippen LogP contribution in [0.4, 0.5) is 5.82 Å². The van der Waals surface area contributed by atoms with Crippen LogP contribution in [0.3, 0.4) is 0 Å². The lowest BCUT2D eigenvalue weighted by Gasteiger charge is -2.09. The smallest absolute Gasteiger partial charge is 0.144 e. The third-order valence-corrected chi connectivity index (χ3v) is 1.75. The summed E-state index contributed by atoms with van der Waals surface area (Å²) in [6.45, 7) is 2.59. The lowest BCUT2D eigenvalue weighted by molar-refractivity contribution is 0.398. The van der Waals surface area contributed by atoms with Gasteiger partial charge in [0.2, 0.25) is 0 Å². The molecule has 1 aromatic heterocycles. The van der Waals surface area contributed by atoms with E-state index in [0.29, 0.717) is 12.4 Å². The van der Waals surface area contributed by atoms with Crippen LogP contribution in [-0.4, -0.2) is 42.1 Å². The monoisotopic (exact) mass is 195 g/mol. The van der Waals surface area contributed by atoms with Crippen LogP contribution in [0.5, 0.6) is 0 Å². The van der Waals surface area contributed by atoms with Gasteiger partial charge in [-0.1, -0.05) is 0 Å². The highest BCUT2D eigenvalue weighted by Crippen LogP contribution is 1.94. The van der Waals surface area contributed by atoms with Gasteiger partial charge >= 0.3 is 0 Å². The Morgan fingerprint density at radius 1 is 1.50 bits per heavy atom. The highest BCUT2D eigenvalue weighted by molar-refractivity contribution is 5.24. The normalized spacial score (nSPS) is 10.8. The van der Waals surface area contributed by atoms with Crippen molar-refractivity contribution in [3.05, 3.63) is 18.1 Å². The molecule has 5 heteroatoms.